The molecule has 6 fully saturated rings. The van der Waals surface area contributed by atoms with E-state index in [1.807, 2.05) is 23.1 Å². The highest BCUT2D eigenvalue weighted by Gasteiger charge is 2.51. The fourth-order valence-corrected chi connectivity index (χ4v) is 9.81. The minimum Gasteiger partial charge on any atom is -0.493 e. The Morgan fingerprint density at radius 1 is 1.15 bits per heavy atom. The highest BCUT2D eigenvalue weighted by Crippen LogP contribution is 2.52. The molecule has 7 aliphatic rings. The van der Waals surface area contributed by atoms with Crippen molar-refractivity contribution in [3.8, 4) is 22.9 Å². The van der Waals surface area contributed by atoms with Crippen molar-refractivity contribution in [3.05, 3.63) is 47.5 Å². The van der Waals surface area contributed by atoms with E-state index in [9.17, 15) is 4.79 Å². The highest BCUT2D eigenvalue weighted by molar-refractivity contribution is 6.07. The van der Waals surface area contributed by atoms with Gasteiger partial charge < -0.3 is 24.1 Å². The SMILES string of the molecule is C[C@H](Oc1nc2c(F)c(-c3cccc4c3OCCC4)ncc2c2c1cc(C1CC[C@H]3COC(=O)N13)n2[C@H]1[C@H]2CN[C@@H]1C2)C1CCCN1C. The van der Waals surface area contributed by atoms with Gasteiger partial charge in [0, 0.05) is 41.5 Å². The van der Waals surface area contributed by atoms with Crippen molar-refractivity contribution in [1.82, 2.24) is 29.7 Å². The van der Waals surface area contributed by atoms with Crippen LogP contribution in [-0.2, 0) is 11.2 Å². The zero-order valence-corrected chi connectivity index (χ0v) is 27.5. The fraction of sp³-hybridized carbons (Fsp3) is 0.541. The number of carbonyl (C=O) groups excluding carboxylic acids is 1. The first kappa shape index (κ1) is 29.0. The lowest BCUT2D eigenvalue weighted by atomic mass is 9.79. The van der Waals surface area contributed by atoms with Crippen molar-refractivity contribution in [2.24, 2.45) is 5.92 Å². The van der Waals surface area contributed by atoms with Crippen LogP contribution in [0.2, 0.25) is 0 Å². The maximum atomic E-state index is 17.1. The van der Waals surface area contributed by atoms with Gasteiger partial charge in [0.15, 0.2) is 5.82 Å². The summed E-state index contributed by atoms with van der Waals surface area (Å²) >= 11 is 0. The lowest BCUT2D eigenvalue weighted by molar-refractivity contribution is 0.119. The third kappa shape index (κ3) is 4.12. The number of aromatic nitrogens is 3. The molecule has 1 aromatic carbocycles. The summed E-state index contributed by atoms with van der Waals surface area (Å²) in [6, 6.07) is 8.75. The molecule has 7 atom stereocenters. The van der Waals surface area contributed by atoms with Crippen molar-refractivity contribution < 1.29 is 23.4 Å². The average molecular weight is 653 g/mol. The second kappa shape index (κ2) is 10.8. The van der Waals surface area contributed by atoms with Crippen LogP contribution in [0.4, 0.5) is 9.18 Å². The number of benzene rings is 1. The number of hydrogen-bond donors (Lipinski definition) is 1. The Labute approximate surface area is 278 Å². The molecule has 6 aliphatic heterocycles. The summed E-state index contributed by atoms with van der Waals surface area (Å²) in [5, 5.41) is 5.20. The number of likely N-dealkylation sites (N-methyl/N-ethyl adjacent to an activating group) is 1. The zero-order chi connectivity index (χ0) is 32.3. The number of rotatable bonds is 6. The van der Waals surface area contributed by atoms with Crippen LogP contribution in [0.15, 0.2) is 30.5 Å². The van der Waals surface area contributed by atoms with Crippen molar-refractivity contribution in [2.75, 3.05) is 33.4 Å². The monoisotopic (exact) mass is 652 g/mol. The minimum atomic E-state index is -0.472. The molecule has 250 valence electrons. The average Bonchev–Trinajstić information content (AvgIpc) is 3.94. The molecule has 3 aromatic heterocycles. The van der Waals surface area contributed by atoms with E-state index in [1.165, 1.54) is 0 Å². The number of aryl methyl sites for hydroxylation is 1. The van der Waals surface area contributed by atoms with Crippen LogP contribution in [-0.4, -0.2) is 88.0 Å². The lowest BCUT2D eigenvalue weighted by Crippen LogP contribution is -2.40. The van der Waals surface area contributed by atoms with Crippen LogP contribution in [0.1, 0.15) is 68.8 Å². The molecule has 1 N–H and O–H groups in total. The maximum Gasteiger partial charge on any atom is 0.410 e. The second-order valence-corrected chi connectivity index (χ2v) is 14.8. The fourth-order valence-electron chi connectivity index (χ4n) is 9.81. The number of cyclic esters (lactones) is 1. The first-order valence-corrected chi connectivity index (χ1v) is 17.8. The summed E-state index contributed by atoms with van der Waals surface area (Å²) in [5.41, 5.74) is 4.15. The van der Waals surface area contributed by atoms with Gasteiger partial charge in [0.05, 0.1) is 35.6 Å². The number of fused-ring (bicyclic) bond motifs is 6. The van der Waals surface area contributed by atoms with Crippen molar-refractivity contribution in [1.29, 1.82) is 0 Å². The van der Waals surface area contributed by atoms with Crippen LogP contribution in [0, 0.1) is 11.7 Å². The normalized spacial score (nSPS) is 30.0. The Balaban J connectivity index is 1.21. The quantitative estimate of drug-likeness (QED) is 0.281. The number of nitrogens with zero attached hydrogens (tertiary/aromatic N) is 5. The molecule has 1 aliphatic carbocycles. The third-order valence-electron chi connectivity index (χ3n) is 12.2. The summed E-state index contributed by atoms with van der Waals surface area (Å²) in [6.07, 6.45) is 8.23. The van der Waals surface area contributed by atoms with Gasteiger partial charge in [-0.15, -0.1) is 0 Å². The number of ether oxygens (including phenoxy) is 3. The summed E-state index contributed by atoms with van der Waals surface area (Å²) in [5.74, 6) is 1.13. The van der Waals surface area contributed by atoms with Gasteiger partial charge in [-0.3, -0.25) is 14.8 Å². The summed E-state index contributed by atoms with van der Waals surface area (Å²) in [6.45, 7) is 5.10. The summed E-state index contributed by atoms with van der Waals surface area (Å²) in [7, 11) is 2.14. The number of amides is 1. The number of para-hydroxylation sites is 1. The third-order valence-corrected chi connectivity index (χ3v) is 12.2. The van der Waals surface area contributed by atoms with Gasteiger partial charge in [-0.2, -0.15) is 0 Å². The smallest absolute Gasteiger partial charge is 0.410 e. The number of halogens is 1. The van der Waals surface area contributed by atoms with Crippen LogP contribution in [0.3, 0.4) is 0 Å². The maximum absolute atomic E-state index is 17.1. The molecule has 10 nitrogen and oxygen atoms in total. The van der Waals surface area contributed by atoms with Crippen LogP contribution < -0.4 is 14.8 Å². The molecule has 0 radical (unpaired) electrons. The standard InChI is InChI=1S/C37H41FN6O4/c1-19(27-9-4-12-42(27)2)48-36-24-15-29(28-11-10-22-18-47-37(45)43(22)28)44(33-21-14-26(33)39-16-21)34(24)25-17-40-31(30(38)32(25)41-36)23-8-3-6-20-7-5-13-46-35(20)23/h3,6,8,15,17,19,21-22,26-28,33,39H,4-5,7,9-14,16,18H2,1-2H3/t19-,21+,22-,26+,27?,28?,33-/m0/s1. The predicted octanol–water partition coefficient (Wildman–Crippen LogP) is 5.77. The van der Waals surface area contributed by atoms with Crippen LogP contribution in [0.25, 0.3) is 33.1 Å². The Morgan fingerprint density at radius 2 is 2.06 bits per heavy atom. The molecule has 2 bridgehead atoms. The van der Waals surface area contributed by atoms with E-state index >= 15 is 4.39 Å². The molecule has 11 heteroatoms. The molecule has 5 saturated heterocycles. The number of pyridine rings is 2. The van der Waals surface area contributed by atoms with E-state index in [1.54, 1.807) is 6.20 Å². The first-order chi connectivity index (χ1) is 23.5. The molecule has 2 unspecified atom stereocenters. The van der Waals surface area contributed by atoms with Gasteiger partial charge in [-0.05, 0) is 89.1 Å². The summed E-state index contributed by atoms with van der Waals surface area (Å²) in [4.78, 5) is 27.2. The number of likely N-dealkylation sites (tertiary alicyclic amines) is 1. The Kier molecular flexibility index (Phi) is 6.51. The molecule has 11 rings (SSSR count). The molecular formula is C37H41FN6O4. The first-order valence-electron chi connectivity index (χ1n) is 17.8. The predicted molar refractivity (Wildman–Crippen MR) is 178 cm³/mol. The van der Waals surface area contributed by atoms with Crippen LogP contribution in [0.5, 0.6) is 11.6 Å². The van der Waals surface area contributed by atoms with E-state index in [4.69, 9.17) is 24.2 Å². The van der Waals surface area contributed by atoms with Gasteiger partial charge in [-0.25, -0.2) is 14.2 Å². The number of nitrogens with one attached hydrogen (secondary N) is 1. The van der Waals surface area contributed by atoms with E-state index in [-0.39, 0.29) is 47.6 Å². The van der Waals surface area contributed by atoms with Gasteiger partial charge in [0.2, 0.25) is 5.88 Å². The van der Waals surface area contributed by atoms with Crippen LogP contribution >= 0.6 is 0 Å². The van der Waals surface area contributed by atoms with Crippen molar-refractivity contribution in [3.63, 3.8) is 0 Å². The highest BCUT2D eigenvalue weighted by atomic mass is 19.1. The largest absolute Gasteiger partial charge is 0.493 e. The Morgan fingerprint density at radius 3 is 2.88 bits per heavy atom. The second-order valence-electron chi connectivity index (χ2n) is 14.8. The summed E-state index contributed by atoms with van der Waals surface area (Å²) < 4.78 is 38.0. The van der Waals surface area contributed by atoms with Crippen molar-refractivity contribution >= 4 is 27.9 Å². The molecule has 9 heterocycles. The molecular weight excluding hydrogens is 611 g/mol. The van der Waals surface area contributed by atoms with Gasteiger partial charge >= 0.3 is 6.09 Å². The van der Waals surface area contributed by atoms with E-state index < -0.39 is 5.82 Å². The van der Waals surface area contributed by atoms with E-state index in [2.05, 4.69) is 34.8 Å². The van der Waals surface area contributed by atoms with Crippen molar-refractivity contribution in [2.45, 2.75) is 88.2 Å². The van der Waals surface area contributed by atoms with E-state index in [0.717, 1.165) is 80.2 Å². The molecule has 1 saturated carbocycles. The minimum absolute atomic E-state index is 0.0782. The molecule has 48 heavy (non-hydrogen) atoms. The Bertz CT molecular complexity index is 1970. The molecule has 0 spiro atoms. The zero-order valence-electron chi connectivity index (χ0n) is 27.5. The Hall–Kier alpha value is -3.96. The number of carbonyl (C=O) groups is 1. The topological polar surface area (TPSA) is 94.0 Å². The number of hydrogen-bond acceptors (Lipinski definition) is 8. The molecule has 1 amide bonds. The van der Waals surface area contributed by atoms with E-state index in [0.29, 0.717) is 47.8 Å². The lowest BCUT2D eigenvalue weighted by Gasteiger charge is -2.39. The van der Waals surface area contributed by atoms with Gasteiger partial charge in [0.1, 0.15) is 29.7 Å². The van der Waals surface area contributed by atoms with Gasteiger partial charge in [-0.1, -0.05) is 12.1 Å². The van der Waals surface area contributed by atoms with Gasteiger partial charge in [0.25, 0.3) is 0 Å². The molecule has 4 aromatic rings.